The highest BCUT2D eigenvalue weighted by Gasteiger charge is 2.26. The highest BCUT2D eigenvalue weighted by atomic mass is 15.3. The van der Waals surface area contributed by atoms with E-state index in [2.05, 4.69) is 178 Å². The van der Waals surface area contributed by atoms with Gasteiger partial charge in [0.1, 0.15) is 0 Å². The van der Waals surface area contributed by atoms with Crippen LogP contribution in [0.1, 0.15) is 161 Å². The van der Waals surface area contributed by atoms with Crippen LogP contribution in [0.25, 0.3) is 0 Å². The van der Waals surface area contributed by atoms with Gasteiger partial charge in [-0.2, -0.15) is 0 Å². The Balaban J connectivity index is 0.000000440. The van der Waals surface area contributed by atoms with Crippen LogP contribution >= 0.6 is 0 Å². The molecule has 8 N–H and O–H groups in total. The Labute approximate surface area is 454 Å². The van der Waals surface area contributed by atoms with Crippen LogP contribution in [0.2, 0.25) is 0 Å². The van der Waals surface area contributed by atoms with Crippen molar-refractivity contribution in [3.8, 4) is 0 Å². The Bertz CT molecular complexity index is 1320. The highest BCUT2D eigenvalue weighted by molar-refractivity contribution is 4.93. The molecule has 0 bridgehead atoms. The summed E-state index contributed by atoms with van der Waals surface area (Å²) >= 11 is 0. The summed E-state index contributed by atoms with van der Waals surface area (Å²) in [6, 6.07) is 6.70. The van der Waals surface area contributed by atoms with Crippen LogP contribution in [0.3, 0.4) is 0 Å². The van der Waals surface area contributed by atoms with Gasteiger partial charge in [0.25, 0.3) is 0 Å². The van der Waals surface area contributed by atoms with Crippen molar-refractivity contribution in [2.45, 2.75) is 222 Å². The van der Waals surface area contributed by atoms with E-state index in [0.29, 0.717) is 53.7 Å². The zero-order valence-corrected chi connectivity index (χ0v) is 51.4. The van der Waals surface area contributed by atoms with Crippen LogP contribution in [0.15, 0.2) is 37.2 Å². The second-order valence-corrected chi connectivity index (χ2v) is 24.1. The van der Waals surface area contributed by atoms with Gasteiger partial charge < -0.3 is 67.0 Å². The first-order valence-electron chi connectivity index (χ1n) is 29.7. The number of hydrogen-bond acceptors (Lipinski definition) is 14. The number of piperazine rings is 1. The van der Waals surface area contributed by atoms with Crippen molar-refractivity contribution in [3.05, 3.63) is 37.2 Å². The third-order valence-corrected chi connectivity index (χ3v) is 16.9. The molecule has 0 radical (unpaired) electrons. The van der Waals surface area contributed by atoms with Gasteiger partial charge in [-0.05, 0) is 193 Å². The number of nitrogens with two attached hydrogens (primary N) is 3. The van der Waals surface area contributed by atoms with Gasteiger partial charge in [-0.25, -0.2) is 0 Å². The van der Waals surface area contributed by atoms with Crippen LogP contribution in [0, 0.1) is 5.92 Å². The first-order valence-corrected chi connectivity index (χ1v) is 29.7. The van der Waals surface area contributed by atoms with E-state index in [-0.39, 0.29) is 0 Å². The zero-order valence-electron chi connectivity index (χ0n) is 51.4. The van der Waals surface area contributed by atoms with Gasteiger partial charge in [-0.1, -0.05) is 33.6 Å². The van der Waals surface area contributed by atoms with Crippen molar-refractivity contribution in [2.24, 2.45) is 23.1 Å². The number of piperidine rings is 5. The van der Waals surface area contributed by atoms with Crippen molar-refractivity contribution in [3.63, 3.8) is 0 Å². The number of hydrogen-bond donors (Lipinski definition) is 5. The van der Waals surface area contributed by atoms with Gasteiger partial charge in [-0.3, -0.25) is 4.90 Å². The Morgan fingerprint density at radius 2 is 0.699 bits per heavy atom. The lowest BCUT2D eigenvalue weighted by molar-refractivity contribution is 0.112. The fraction of sp³-hybridized carbons (Fsp3) is 0.898. The number of nitrogens with zero attached hydrogens (tertiary/aromatic N) is 9. The average molecular weight is 1030 g/mol. The molecule has 0 aromatic rings. The van der Waals surface area contributed by atoms with E-state index in [0.717, 1.165) is 30.1 Å². The van der Waals surface area contributed by atoms with Crippen molar-refractivity contribution >= 4 is 0 Å². The maximum absolute atomic E-state index is 5.68. The molecule has 14 heteroatoms. The lowest BCUT2D eigenvalue weighted by Gasteiger charge is -2.39. The van der Waals surface area contributed by atoms with Crippen LogP contribution in [0.5, 0.6) is 0 Å². The molecular formula is C59H126N14. The first-order chi connectivity index (χ1) is 34.3. The van der Waals surface area contributed by atoms with Gasteiger partial charge in [-0.15, -0.1) is 0 Å². The third-order valence-electron chi connectivity index (χ3n) is 16.9. The summed E-state index contributed by atoms with van der Waals surface area (Å²) in [7, 11) is 6.14. The Hall–Kier alpha value is -2.30. The van der Waals surface area contributed by atoms with E-state index < -0.39 is 0 Å². The molecular weight excluding hydrogens is 905 g/mol. The topological polar surface area (TPSA) is 131 Å². The first kappa shape index (κ1) is 68.7. The van der Waals surface area contributed by atoms with Crippen molar-refractivity contribution in [1.29, 1.82) is 0 Å². The van der Waals surface area contributed by atoms with Crippen LogP contribution in [-0.4, -0.2) is 224 Å². The molecule has 14 nitrogen and oxygen atoms in total. The van der Waals surface area contributed by atoms with Crippen molar-refractivity contribution in [2.75, 3.05) is 119 Å². The SMILES string of the molecule is C=C(N)N(C)C1CCN(C(C)C)CC1.C=C(N)N(C)C1CCN(C(C)C)CC1.C=C(N)NC1CCN(C(C)C)CC1.CC1CCN(C(C)C)CC1.CCN1CCN(C(C)C)CC1.CNC1CCN(C(C)C)CC1. The molecule has 0 amide bonds. The third kappa shape index (κ3) is 28.6. The molecule has 0 aromatic heterocycles. The smallest absolute Gasteiger partial charge is 0.0912 e. The predicted octanol–water partition coefficient (Wildman–Crippen LogP) is 7.56. The number of likely N-dealkylation sites (tertiary alicyclic amines) is 5. The molecule has 6 aliphatic heterocycles. The van der Waals surface area contributed by atoms with Crippen LogP contribution in [-0.2, 0) is 0 Å². The number of likely N-dealkylation sites (N-methyl/N-ethyl adjacent to an activating group) is 1. The molecule has 6 fully saturated rings. The minimum absolute atomic E-state index is 0.535. The van der Waals surface area contributed by atoms with E-state index in [1.165, 1.54) is 162 Å². The summed E-state index contributed by atoms with van der Waals surface area (Å²) < 4.78 is 0. The summed E-state index contributed by atoms with van der Waals surface area (Å²) in [5.74, 6) is 2.94. The van der Waals surface area contributed by atoms with Gasteiger partial charge in [0.15, 0.2) is 0 Å². The summed E-state index contributed by atoms with van der Waals surface area (Å²) in [6.07, 6.45) is 12.6. The molecule has 0 saturated carbocycles. The monoisotopic (exact) mass is 1030 g/mol. The van der Waals surface area contributed by atoms with Gasteiger partial charge >= 0.3 is 0 Å². The van der Waals surface area contributed by atoms with Crippen LogP contribution < -0.4 is 27.8 Å². The molecule has 6 heterocycles. The van der Waals surface area contributed by atoms with Gasteiger partial charge in [0.05, 0.1) is 17.5 Å². The molecule has 73 heavy (non-hydrogen) atoms. The Morgan fingerprint density at radius 1 is 0.438 bits per heavy atom. The Kier molecular flexibility index (Phi) is 35.3. The highest BCUT2D eigenvalue weighted by Crippen LogP contribution is 2.21. The van der Waals surface area contributed by atoms with E-state index in [9.17, 15) is 0 Å². The fourth-order valence-electron chi connectivity index (χ4n) is 10.7. The second kappa shape index (κ2) is 37.5. The zero-order chi connectivity index (χ0) is 55.4. The van der Waals surface area contributed by atoms with Crippen LogP contribution in [0.4, 0.5) is 0 Å². The van der Waals surface area contributed by atoms with E-state index in [1.807, 2.05) is 14.1 Å². The molecule has 0 aliphatic carbocycles. The summed E-state index contributed by atoms with van der Waals surface area (Å²) in [5, 5.41) is 6.53. The lowest BCUT2D eigenvalue weighted by Crippen LogP contribution is -2.48. The minimum Gasteiger partial charge on any atom is -0.386 e. The average Bonchev–Trinajstić information content (AvgIpc) is 3.37. The fourth-order valence-corrected chi connectivity index (χ4v) is 10.7. The molecule has 0 atom stereocenters. The molecule has 0 aromatic carbocycles. The van der Waals surface area contributed by atoms with Crippen molar-refractivity contribution in [1.82, 2.24) is 54.7 Å². The molecule has 0 unspecified atom stereocenters. The minimum atomic E-state index is 0.535. The van der Waals surface area contributed by atoms with E-state index in [1.54, 1.807) is 0 Å². The standard InChI is InChI=1S/2C11H23N3.C10H21N3.2C9H20N2.C9H19N/c2*1-9(2)14-7-5-11(6-8-14)13(4)10(3)12;1-8(2)13-6-4-10(5-7-13)12-9(3)11;1-8(2)11-6-4-9(10-3)5-7-11;1-4-10-5-7-11(8-6-10)9(2)3;1-8(2)10-6-4-9(3)5-7-10/h2*9,11H,3,5-8,12H2,1-2,4H3;8,10,12H,3-7,11H2,1-2H3;8-10H,4-7H2,1-3H3;9H,4-8H2,1-3H3;8-9H,4-7H2,1-3H3. The summed E-state index contributed by atoms with van der Waals surface area (Å²) in [5.41, 5.74) is 16.9. The molecule has 432 valence electrons. The second-order valence-electron chi connectivity index (χ2n) is 24.1. The summed E-state index contributed by atoms with van der Waals surface area (Å²) in [6.45, 7) is 61.5. The molecule has 6 saturated heterocycles. The predicted molar refractivity (Wildman–Crippen MR) is 321 cm³/mol. The maximum Gasteiger partial charge on any atom is 0.0912 e. The normalized spacial score (nSPS) is 21.5. The van der Waals surface area contributed by atoms with E-state index in [4.69, 9.17) is 17.2 Å². The van der Waals surface area contributed by atoms with Crippen molar-refractivity contribution < 1.29 is 0 Å². The van der Waals surface area contributed by atoms with Gasteiger partial charge in [0, 0.05) is 140 Å². The Morgan fingerprint density at radius 3 is 0.945 bits per heavy atom. The molecule has 6 aliphatic rings. The molecule has 0 spiro atoms. The number of nitrogens with one attached hydrogen (secondary N) is 2. The lowest BCUT2D eigenvalue weighted by atomic mass is 9.98. The van der Waals surface area contributed by atoms with Gasteiger partial charge in [0.2, 0.25) is 0 Å². The number of rotatable bonds is 14. The quantitative estimate of drug-likeness (QED) is 0.117. The largest absolute Gasteiger partial charge is 0.386 e. The van der Waals surface area contributed by atoms with E-state index >= 15 is 0 Å². The maximum atomic E-state index is 5.68. The molecule has 6 rings (SSSR count). The summed E-state index contributed by atoms with van der Waals surface area (Å²) in [4.78, 5) is 21.9.